The molecule has 2 saturated heterocycles. The van der Waals surface area contributed by atoms with Gasteiger partial charge in [-0.25, -0.2) is 19.6 Å². The van der Waals surface area contributed by atoms with Crippen molar-refractivity contribution in [1.82, 2.24) is 40.4 Å². The molecule has 8 rings (SSSR count). The van der Waals surface area contributed by atoms with Crippen LogP contribution < -0.4 is 10.6 Å². The SMILES string of the molecule is COC(=O)N[C@H](C(=O)N1CCC[C@H]1c1nc(-c2ccc(-c3csc4c(-c5cnc([C@@H]6CCCN6C(=O)[C@H](NC(=O)OC(C)(C)C)c6ccccc6)[nH]5)csc34)cc2)c[nH]1)C(C)C. The highest BCUT2D eigenvalue weighted by Gasteiger charge is 2.39. The molecule has 4 amide bonds. The van der Waals surface area contributed by atoms with Crippen molar-refractivity contribution in [2.45, 2.75) is 90.1 Å². The number of H-pyrrole nitrogens is 2. The normalized spacial score (nSPS) is 17.7. The van der Waals surface area contributed by atoms with Gasteiger partial charge in [-0.1, -0.05) is 68.4 Å². The second kappa shape index (κ2) is 17.8. The maximum absolute atomic E-state index is 14.2. The lowest BCUT2D eigenvalue weighted by Gasteiger charge is -2.29. The van der Waals surface area contributed by atoms with Crippen LogP contribution in [-0.2, 0) is 19.1 Å². The number of alkyl carbamates (subject to hydrolysis) is 2. The minimum Gasteiger partial charge on any atom is -0.453 e. The molecule has 16 heteroatoms. The smallest absolute Gasteiger partial charge is 0.408 e. The van der Waals surface area contributed by atoms with Gasteiger partial charge in [0.15, 0.2) is 0 Å². The summed E-state index contributed by atoms with van der Waals surface area (Å²) in [4.78, 5) is 73.0. The molecule has 2 aromatic carbocycles. The fourth-order valence-electron chi connectivity index (χ4n) is 8.36. The summed E-state index contributed by atoms with van der Waals surface area (Å²) in [6, 6.07) is 15.5. The molecule has 2 aliphatic rings. The van der Waals surface area contributed by atoms with E-state index in [0.29, 0.717) is 24.5 Å². The quantitative estimate of drug-likeness (QED) is 0.0996. The van der Waals surface area contributed by atoms with E-state index in [1.54, 1.807) is 43.4 Å². The second-order valence-electron chi connectivity index (χ2n) is 17.1. The van der Waals surface area contributed by atoms with Gasteiger partial charge in [-0.3, -0.25) is 9.59 Å². The Hall–Kier alpha value is -6.00. The molecule has 0 aliphatic carbocycles. The Morgan fingerprint density at radius 3 is 2.10 bits per heavy atom. The van der Waals surface area contributed by atoms with Crippen molar-refractivity contribution in [3.05, 3.63) is 95.0 Å². The van der Waals surface area contributed by atoms with E-state index in [4.69, 9.17) is 19.4 Å². The van der Waals surface area contributed by atoms with E-state index in [9.17, 15) is 19.2 Å². The highest BCUT2D eigenvalue weighted by molar-refractivity contribution is 7.27. The van der Waals surface area contributed by atoms with E-state index in [1.807, 2.05) is 66.4 Å². The lowest BCUT2D eigenvalue weighted by atomic mass is 10.0. The van der Waals surface area contributed by atoms with Crippen molar-refractivity contribution in [2.24, 2.45) is 5.92 Å². The number of carbonyl (C=O) groups excluding carboxylic acids is 4. The molecule has 2 aliphatic heterocycles. The first-order valence-corrected chi connectivity index (χ1v) is 22.8. The third-order valence-corrected chi connectivity index (χ3v) is 13.6. The third kappa shape index (κ3) is 8.84. The number of hydrogen-bond acceptors (Lipinski definition) is 10. The van der Waals surface area contributed by atoms with Crippen LogP contribution >= 0.6 is 22.7 Å². The molecule has 0 radical (unpaired) electrons. The minimum atomic E-state index is -0.907. The molecular formula is C46H52N8O6S2. The average molecular weight is 877 g/mol. The van der Waals surface area contributed by atoms with Crippen molar-refractivity contribution in [3.63, 3.8) is 0 Å². The van der Waals surface area contributed by atoms with Gasteiger partial charge in [0, 0.05) is 46.7 Å². The molecule has 324 valence electrons. The highest BCUT2D eigenvalue weighted by atomic mass is 32.1. The van der Waals surface area contributed by atoms with Gasteiger partial charge in [-0.2, -0.15) is 0 Å². The van der Waals surface area contributed by atoms with Crippen LogP contribution in [0.15, 0.2) is 77.8 Å². The number of methoxy groups -OCH3 is 1. The molecule has 6 aromatic rings. The maximum Gasteiger partial charge on any atom is 0.408 e. The predicted octanol–water partition coefficient (Wildman–Crippen LogP) is 9.38. The zero-order chi connectivity index (χ0) is 43.7. The molecule has 0 saturated carbocycles. The zero-order valence-electron chi connectivity index (χ0n) is 35.7. The number of amides is 4. The Balaban J connectivity index is 0.964. The molecule has 62 heavy (non-hydrogen) atoms. The number of aromatic amines is 2. The summed E-state index contributed by atoms with van der Waals surface area (Å²) in [7, 11) is 1.29. The first-order chi connectivity index (χ1) is 29.8. The summed E-state index contributed by atoms with van der Waals surface area (Å²) in [6.45, 7) is 10.3. The Bertz CT molecular complexity index is 2550. The van der Waals surface area contributed by atoms with E-state index in [0.717, 1.165) is 69.8 Å². The van der Waals surface area contributed by atoms with Crippen molar-refractivity contribution < 1.29 is 28.7 Å². The number of rotatable bonds is 11. The molecule has 0 unspecified atom stereocenters. The van der Waals surface area contributed by atoms with Crippen molar-refractivity contribution >= 4 is 56.1 Å². The number of nitrogens with one attached hydrogen (secondary N) is 4. The van der Waals surface area contributed by atoms with Crippen LogP contribution in [0.2, 0.25) is 0 Å². The lowest BCUT2D eigenvalue weighted by Crippen LogP contribution is -2.51. The van der Waals surface area contributed by atoms with Gasteiger partial charge in [-0.15, -0.1) is 22.7 Å². The third-order valence-electron chi connectivity index (χ3n) is 11.4. The molecule has 2 fully saturated rings. The molecule has 0 spiro atoms. The maximum atomic E-state index is 14.2. The minimum absolute atomic E-state index is 0.110. The Labute approximate surface area is 368 Å². The summed E-state index contributed by atoms with van der Waals surface area (Å²) in [5.74, 6) is 0.979. The van der Waals surface area contributed by atoms with E-state index in [-0.39, 0.29) is 29.8 Å². The van der Waals surface area contributed by atoms with Crippen LogP contribution in [0.3, 0.4) is 0 Å². The first kappa shape index (κ1) is 42.7. The van der Waals surface area contributed by atoms with Crippen molar-refractivity contribution in [3.8, 4) is 33.6 Å². The Morgan fingerprint density at radius 1 is 0.806 bits per heavy atom. The van der Waals surface area contributed by atoms with Crippen LogP contribution in [0, 0.1) is 5.92 Å². The summed E-state index contributed by atoms with van der Waals surface area (Å²) in [6.07, 6.45) is 5.64. The molecule has 4 N–H and O–H groups in total. The van der Waals surface area contributed by atoms with Gasteiger partial charge in [-0.05, 0) is 63.5 Å². The number of benzene rings is 2. The molecule has 14 nitrogen and oxygen atoms in total. The Morgan fingerprint density at radius 2 is 1.44 bits per heavy atom. The Kier molecular flexibility index (Phi) is 12.2. The first-order valence-electron chi connectivity index (χ1n) is 21.0. The van der Waals surface area contributed by atoms with E-state index in [2.05, 4.69) is 55.6 Å². The number of aromatic nitrogens is 4. The summed E-state index contributed by atoms with van der Waals surface area (Å²) in [5, 5.41) is 9.88. The van der Waals surface area contributed by atoms with E-state index < -0.39 is 29.9 Å². The number of hydrogen-bond donors (Lipinski definition) is 4. The molecule has 0 bridgehead atoms. The predicted molar refractivity (Wildman–Crippen MR) is 240 cm³/mol. The average Bonchev–Trinajstić information content (AvgIpc) is 4.11. The molecule has 4 atom stereocenters. The van der Waals surface area contributed by atoms with Gasteiger partial charge < -0.3 is 39.9 Å². The number of carbonyl (C=O) groups is 4. The summed E-state index contributed by atoms with van der Waals surface area (Å²) in [5.41, 5.74) is 5.90. The topological polar surface area (TPSA) is 175 Å². The van der Waals surface area contributed by atoms with E-state index in [1.165, 1.54) is 11.8 Å². The lowest BCUT2D eigenvalue weighted by molar-refractivity contribution is -0.136. The van der Waals surface area contributed by atoms with Crippen LogP contribution in [0.5, 0.6) is 0 Å². The van der Waals surface area contributed by atoms with Crippen LogP contribution in [0.1, 0.15) is 95.6 Å². The fraction of sp³-hybridized carbons (Fsp3) is 0.391. The van der Waals surface area contributed by atoms with Gasteiger partial charge in [0.25, 0.3) is 5.91 Å². The monoisotopic (exact) mass is 876 g/mol. The number of ether oxygens (including phenoxy) is 2. The van der Waals surface area contributed by atoms with Gasteiger partial charge in [0.05, 0.1) is 46.2 Å². The number of imidazole rings is 2. The van der Waals surface area contributed by atoms with Crippen LogP contribution in [0.25, 0.3) is 43.0 Å². The van der Waals surface area contributed by atoms with Crippen molar-refractivity contribution in [2.75, 3.05) is 20.2 Å². The number of likely N-dealkylation sites (tertiary alicyclic amines) is 2. The number of nitrogens with zero attached hydrogens (tertiary/aromatic N) is 4. The zero-order valence-corrected chi connectivity index (χ0v) is 37.3. The van der Waals surface area contributed by atoms with Gasteiger partial charge >= 0.3 is 12.2 Å². The van der Waals surface area contributed by atoms with Gasteiger partial charge in [0.2, 0.25) is 5.91 Å². The number of fused-ring (bicyclic) bond motifs is 1. The summed E-state index contributed by atoms with van der Waals surface area (Å²) >= 11 is 3.38. The van der Waals surface area contributed by atoms with Gasteiger partial charge in [0.1, 0.15) is 29.3 Å². The molecule has 6 heterocycles. The second-order valence-corrected chi connectivity index (χ2v) is 18.9. The van der Waals surface area contributed by atoms with Crippen LogP contribution in [0.4, 0.5) is 9.59 Å². The largest absolute Gasteiger partial charge is 0.453 e. The number of thiophene rings is 2. The van der Waals surface area contributed by atoms with Crippen molar-refractivity contribution in [1.29, 1.82) is 0 Å². The molecular weight excluding hydrogens is 825 g/mol. The molecule has 4 aromatic heterocycles. The standard InChI is InChI=1S/C46H52N8O6S2/c1-26(2)36(51-44(57)59-6)42(55)53-20-10-14-34(53)40-47-22-32(49-40)28-18-16-27(17-19-28)30-24-61-39-31(25-62-38(30)39)33-23-48-41(50-33)35-15-11-21-54(35)43(56)37(29-12-8-7-9-13-29)52-45(58)60-46(3,4)5/h7-9,12-13,16-19,22-26,34-37H,10-11,14-15,20-21H2,1-6H3,(H,47,49)(H,48,50)(H,51,57)(H,52,58)/t34-,35-,36-,37+/m0/s1. The van der Waals surface area contributed by atoms with E-state index >= 15 is 0 Å². The fourth-order valence-corrected chi connectivity index (χ4v) is 10.8. The van der Waals surface area contributed by atoms with Crippen LogP contribution in [-0.4, -0.2) is 85.6 Å². The summed E-state index contributed by atoms with van der Waals surface area (Å²) < 4.78 is 12.6. The highest BCUT2D eigenvalue weighted by Crippen LogP contribution is 2.45.